The number of aryl methyl sites for hydroxylation is 1. The molecule has 1 aromatic carbocycles. The summed E-state index contributed by atoms with van der Waals surface area (Å²) in [7, 11) is 0. The predicted molar refractivity (Wildman–Crippen MR) is 83.5 cm³/mol. The summed E-state index contributed by atoms with van der Waals surface area (Å²) in [4.78, 5) is 13.4. The van der Waals surface area contributed by atoms with Gasteiger partial charge in [0.2, 0.25) is 0 Å². The Labute approximate surface area is 131 Å². The lowest BCUT2D eigenvalue weighted by molar-refractivity contribution is 0.0914. The van der Waals surface area contributed by atoms with Crippen molar-refractivity contribution in [2.24, 2.45) is 0 Å². The van der Waals surface area contributed by atoms with E-state index in [0.717, 1.165) is 16.0 Å². The molecule has 1 amide bonds. The highest BCUT2D eigenvalue weighted by Gasteiger charge is 2.21. The SMILES string of the molecule is Cc1ccoc1C(=O)NC(c1ccc(F)cc1)c1cccs1. The van der Waals surface area contributed by atoms with Crippen molar-refractivity contribution in [3.05, 3.63) is 81.7 Å². The number of amides is 1. The van der Waals surface area contributed by atoms with Crippen LogP contribution in [0.4, 0.5) is 4.39 Å². The van der Waals surface area contributed by atoms with Crippen molar-refractivity contribution >= 4 is 17.2 Å². The summed E-state index contributed by atoms with van der Waals surface area (Å²) in [6, 6.07) is 11.4. The lowest BCUT2D eigenvalue weighted by atomic mass is 10.0. The maximum Gasteiger partial charge on any atom is 0.288 e. The van der Waals surface area contributed by atoms with Gasteiger partial charge in [-0.25, -0.2) is 4.39 Å². The Morgan fingerprint density at radius 2 is 2.00 bits per heavy atom. The average molecular weight is 315 g/mol. The number of halogens is 1. The van der Waals surface area contributed by atoms with Gasteiger partial charge in [-0.05, 0) is 42.1 Å². The molecule has 0 spiro atoms. The van der Waals surface area contributed by atoms with Crippen molar-refractivity contribution in [1.82, 2.24) is 5.32 Å². The van der Waals surface area contributed by atoms with Gasteiger partial charge in [-0.15, -0.1) is 11.3 Å². The van der Waals surface area contributed by atoms with Crippen LogP contribution in [-0.2, 0) is 0 Å². The van der Waals surface area contributed by atoms with Gasteiger partial charge in [-0.3, -0.25) is 4.79 Å². The Kier molecular flexibility index (Phi) is 4.06. The molecule has 1 N–H and O–H groups in total. The summed E-state index contributed by atoms with van der Waals surface area (Å²) in [5.41, 5.74) is 1.60. The van der Waals surface area contributed by atoms with Crippen LogP contribution in [0.5, 0.6) is 0 Å². The minimum Gasteiger partial charge on any atom is -0.459 e. The first kappa shape index (κ1) is 14.5. The number of carbonyl (C=O) groups excluding carboxylic acids is 1. The molecule has 2 aromatic heterocycles. The lowest BCUT2D eigenvalue weighted by Gasteiger charge is -2.17. The Morgan fingerprint density at radius 1 is 1.23 bits per heavy atom. The molecule has 0 radical (unpaired) electrons. The monoisotopic (exact) mass is 315 g/mol. The summed E-state index contributed by atoms with van der Waals surface area (Å²) < 4.78 is 18.4. The first-order chi connectivity index (χ1) is 10.6. The van der Waals surface area contributed by atoms with Gasteiger partial charge < -0.3 is 9.73 Å². The molecule has 1 atom stereocenters. The molecular weight excluding hydrogens is 301 g/mol. The number of hydrogen-bond acceptors (Lipinski definition) is 3. The number of hydrogen-bond donors (Lipinski definition) is 1. The van der Waals surface area contributed by atoms with Gasteiger partial charge in [0.25, 0.3) is 5.91 Å². The van der Waals surface area contributed by atoms with Crippen LogP contribution in [0.25, 0.3) is 0 Å². The predicted octanol–water partition coefficient (Wildman–Crippen LogP) is 4.31. The molecule has 0 aliphatic rings. The zero-order chi connectivity index (χ0) is 15.5. The molecule has 112 valence electrons. The topological polar surface area (TPSA) is 42.2 Å². The van der Waals surface area contributed by atoms with E-state index in [2.05, 4.69) is 5.32 Å². The van der Waals surface area contributed by atoms with Crippen LogP contribution < -0.4 is 5.32 Å². The fraction of sp³-hybridized carbons (Fsp3) is 0.118. The minimum absolute atomic E-state index is 0.287. The molecule has 5 heteroatoms. The van der Waals surface area contributed by atoms with Crippen molar-refractivity contribution in [1.29, 1.82) is 0 Å². The largest absolute Gasteiger partial charge is 0.459 e. The second-order valence-corrected chi connectivity index (χ2v) is 5.89. The quantitative estimate of drug-likeness (QED) is 0.779. The van der Waals surface area contributed by atoms with Crippen LogP contribution in [0.3, 0.4) is 0 Å². The van der Waals surface area contributed by atoms with Gasteiger partial charge in [0.1, 0.15) is 5.82 Å². The first-order valence-electron chi connectivity index (χ1n) is 6.79. The van der Waals surface area contributed by atoms with E-state index in [1.54, 1.807) is 18.2 Å². The maximum absolute atomic E-state index is 13.1. The maximum atomic E-state index is 13.1. The highest BCUT2D eigenvalue weighted by molar-refractivity contribution is 7.10. The smallest absolute Gasteiger partial charge is 0.288 e. The van der Waals surface area contributed by atoms with Crippen molar-refractivity contribution in [2.45, 2.75) is 13.0 Å². The normalized spacial score (nSPS) is 12.1. The van der Waals surface area contributed by atoms with Gasteiger partial charge in [0, 0.05) is 10.4 Å². The van der Waals surface area contributed by atoms with Crippen molar-refractivity contribution in [3.63, 3.8) is 0 Å². The number of furan rings is 1. The Balaban J connectivity index is 1.91. The molecular formula is C17H14FNO2S. The van der Waals surface area contributed by atoms with E-state index >= 15 is 0 Å². The van der Waals surface area contributed by atoms with Crippen LogP contribution in [-0.4, -0.2) is 5.91 Å². The summed E-state index contributed by atoms with van der Waals surface area (Å²) in [6.07, 6.45) is 1.49. The molecule has 3 rings (SSSR count). The van der Waals surface area contributed by atoms with Crippen LogP contribution in [0.1, 0.15) is 32.6 Å². The molecule has 2 heterocycles. The molecule has 1 unspecified atom stereocenters. The van der Waals surface area contributed by atoms with E-state index in [0.29, 0.717) is 5.76 Å². The number of nitrogens with one attached hydrogen (secondary N) is 1. The molecule has 0 saturated carbocycles. The van der Waals surface area contributed by atoms with E-state index in [4.69, 9.17) is 4.42 Å². The third-order valence-corrected chi connectivity index (χ3v) is 4.31. The van der Waals surface area contributed by atoms with E-state index in [9.17, 15) is 9.18 Å². The van der Waals surface area contributed by atoms with E-state index in [-0.39, 0.29) is 17.8 Å². The zero-order valence-corrected chi connectivity index (χ0v) is 12.7. The molecule has 0 aliphatic carbocycles. The average Bonchev–Trinajstić information content (AvgIpc) is 3.17. The third-order valence-electron chi connectivity index (χ3n) is 3.37. The van der Waals surface area contributed by atoms with Gasteiger partial charge in [0.05, 0.1) is 12.3 Å². The number of thiophene rings is 1. The summed E-state index contributed by atoms with van der Waals surface area (Å²) >= 11 is 1.53. The van der Waals surface area contributed by atoms with Crippen LogP contribution >= 0.6 is 11.3 Å². The van der Waals surface area contributed by atoms with Gasteiger partial charge >= 0.3 is 0 Å². The lowest BCUT2D eigenvalue weighted by Crippen LogP contribution is -2.29. The van der Waals surface area contributed by atoms with Crippen molar-refractivity contribution < 1.29 is 13.6 Å². The van der Waals surface area contributed by atoms with Gasteiger partial charge in [-0.1, -0.05) is 18.2 Å². The Hall–Kier alpha value is -2.40. The van der Waals surface area contributed by atoms with Crippen LogP contribution in [0.2, 0.25) is 0 Å². The second kappa shape index (κ2) is 6.15. The standard InChI is InChI=1S/C17H14FNO2S/c1-11-8-9-21-16(11)17(20)19-15(14-3-2-10-22-14)12-4-6-13(18)7-5-12/h2-10,15H,1H3,(H,19,20). The van der Waals surface area contributed by atoms with E-state index in [1.165, 1.54) is 29.7 Å². The third kappa shape index (κ3) is 2.94. The minimum atomic E-state index is -0.336. The summed E-state index contributed by atoms with van der Waals surface area (Å²) in [5.74, 6) is -0.296. The van der Waals surface area contributed by atoms with Crippen molar-refractivity contribution in [3.8, 4) is 0 Å². The fourth-order valence-electron chi connectivity index (χ4n) is 2.23. The summed E-state index contributed by atoms with van der Waals surface area (Å²) in [6.45, 7) is 1.82. The Morgan fingerprint density at radius 3 is 2.59 bits per heavy atom. The number of carbonyl (C=O) groups is 1. The second-order valence-electron chi connectivity index (χ2n) is 4.91. The number of benzene rings is 1. The molecule has 0 bridgehead atoms. The Bertz CT molecular complexity index is 762. The van der Waals surface area contributed by atoms with Crippen molar-refractivity contribution in [2.75, 3.05) is 0 Å². The van der Waals surface area contributed by atoms with Gasteiger partial charge in [-0.2, -0.15) is 0 Å². The molecule has 3 nitrogen and oxygen atoms in total. The fourth-order valence-corrected chi connectivity index (χ4v) is 3.03. The van der Waals surface area contributed by atoms with Crippen LogP contribution in [0, 0.1) is 12.7 Å². The first-order valence-corrected chi connectivity index (χ1v) is 7.67. The number of rotatable bonds is 4. The molecule has 0 saturated heterocycles. The van der Waals surface area contributed by atoms with Gasteiger partial charge in [0.15, 0.2) is 5.76 Å². The highest BCUT2D eigenvalue weighted by Crippen LogP contribution is 2.27. The van der Waals surface area contributed by atoms with E-state index < -0.39 is 0 Å². The molecule has 22 heavy (non-hydrogen) atoms. The molecule has 3 aromatic rings. The van der Waals surface area contributed by atoms with E-state index in [1.807, 2.05) is 24.4 Å². The summed E-state index contributed by atoms with van der Waals surface area (Å²) in [5, 5.41) is 4.89. The molecule has 0 aliphatic heterocycles. The van der Waals surface area contributed by atoms with Crippen LogP contribution in [0.15, 0.2) is 58.5 Å². The highest BCUT2D eigenvalue weighted by atomic mass is 32.1. The molecule has 0 fully saturated rings. The zero-order valence-electron chi connectivity index (χ0n) is 11.9.